The summed E-state index contributed by atoms with van der Waals surface area (Å²) in [5, 5.41) is 8.19. The van der Waals surface area contributed by atoms with Crippen molar-refractivity contribution in [1.82, 2.24) is 15.1 Å². The molecule has 2 aromatic rings. The Morgan fingerprint density at radius 2 is 2.05 bits per heavy atom. The topological polar surface area (TPSA) is 29.9 Å². The van der Waals surface area contributed by atoms with Gasteiger partial charge in [-0.05, 0) is 57.4 Å². The van der Waals surface area contributed by atoms with Gasteiger partial charge in [0.2, 0.25) is 0 Å². The molecule has 3 nitrogen and oxygen atoms in total. The van der Waals surface area contributed by atoms with Crippen molar-refractivity contribution in [1.29, 1.82) is 0 Å². The third kappa shape index (κ3) is 3.74. The zero-order chi connectivity index (χ0) is 15.0. The van der Waals surface area contributed by atoms with Gasteiger partial charge in [0, 0.05) is 28.7 Å². The van der Waals surface area contributed by atoms with Crippen LogP contribution in [-0.2, 0) is 6.54 Å². The fourth-order valence-electron chi connectivity index (χ4n) is 2.26. The van der Waals surface area contributed by atoms with Crippen molar-refractivity contribution in [2.45, 2.75) is 51.6 Å². The number of benzene rings is 1. The van der Waals surface area contributed by atoms with Crippen molar-refractivity contribution < 1.29 is 0 Å². The van der Waals surface area contributed by atoms with Gasteiger partial charge < -0.3 is 5.32 Å². The highest BCUT2D eigenvalue weighted by Crippen LogP contribution is 2.39. The molecule has 0 saturated heterocycles. The first kappa shape index (κ1) is 14.8. The van der Waals surface area contributed by atoms with Gasteiger partial charge in [-0.1, -0.05) is 22.0 Å². The van der Waals surface area contributed by atoms with Gasteiger partial charge >= 0.3 is 0 Å². The zero-order valence-corrected chi connectivity index (χ0v) is 14.4. The van der Waals surface area contributed by atoms with Crippen LogP contribution in [0.25, 0.3) is 5.69 Å². The summed E-state index contributed by atoms with van der Waals surface area (Å²) in [6, 6.07) is 8.58. The summed E-state index contributed by atoms with van der Waals surface area (Å²) in [6.45, 7) is 7.39. The van der Waals surface area contributed by atoms with E-state index in [1.165, 1.54) is 24.1 Å². The normalized spacial score (nSPS) is 15.4. The van der Waals surface area contributed by atoms with Crippen LogP contribution >= 0.6 is 15.9 Å². The predicted octanol–water partition coefficient (Wildman–Crippen LogP) is 4.40. The van der Waals surface area contributed by atoms with E-state index in [0.29, 0.717) is 5.92 Å². The molecular formula is C17H22BrN3. The Hall–Kier alpha value is -1.13. The van der Waals surface area contributed by atoms with Gasteiger partial charge in [0.25, 0.3) is 0 Å². The first-order valence-electron chi connectivity index (χ1n) is 7.52. The molecule has 0 bridgehead atoms. The monoisotopic (exact) mass is 347 g/mol. The van der Waals surface area contributed by atoms with Gasteiger partial charge in [-0.15, -0.1) is 0 Å². The smallest absolute Gasteiger partial charge is 0.0659 e. The van der Waals surface area contributed by atoms with Crippen LogP contribution in [0.3, 0.4) is 0 Å². The maximum Gasteiger partial charge on any atom is 0.0659 e. The molecule has 1 aromatic carbocycles. The van der Waals surface area contributed by atoms with Gasteiger partial charge in [-0.25, -0.2) is 4.68 Å². The van der Waals surface area contributed by atoms with Crippen LogP contribution in [0, 0.1) is 0 Å². The molecule has 1 heterocycles. The van der Waals surface area contributed by atoms with E-state index in [9.17, 15) is 0 Å². The molecule has 1 aromatic heterocycles. The molecular weight excluding hydrogens is 326 g/mol. The molecule has 1 aliphatic rings. The Balaban J connectivity index is 1.76. The second kappa shape index (κ2) is 5.58. The quantitative estimate of drug-likeness (QED) is 0.888. The fraction of sp³-hybridized carbons (Fsp3) is 0.471. The largest absolute Gasteiger partial charge is 0.308 e. The molecule has 1 aliphatic carbocycles. The Kier molecular flexibility index (Phi) is 3.93. The summed E-state index contributed by atoms with van der Waals surface area (Å²) in [5.41, 5.74) is 3.72. The Labute approximate surface area is 134 Å². The van der Waals surface area contributed by atoms with Gasteiger partial charge in [-0.2, -0.15) is 5.10 Å². The van der Waals surface area contributed by atoms with Crippen LogP contribution in [0.5, 0.6) is 0 Å². The SMILES string of the molecule is CC(C)(C)NCc1ccc(-n2ccc(C3CC3)n2)cc1Br. The number of rotatable bonds is 4. The van der Waals surface area contributed by atoms with E-state index in [1.54, 1.807) is 0 Å². The van der Waals surface area contributed by atoms with E-state index in [1.807, 2.05) is 4.68 Å². The highest BCUT2D eigenvalue weighted by Gasteiger charge is 2.25. The van der Waals surface area contributed by atoms with Gasteiger partial charge in [0.1, 0.15) is 0 Å². The third-order valence-corrected chi connectivity index (χ3v) is 4.45. The molecule has 0 unspecified atom stereocenters. The minimum absolute atomic E-state index is 0.124. The molecule has 3 rings (SSSR count). The maximum atomic E-state index is 4.68. The van der Waals surface area contributed by atoms with E-state index in [2.05, 4.69) is 77.6 Å². The third-order valence-electron chi connectivity index (χ3n) is 3.72. The second-order valence-corrected chi connectivity index (χ2v) is 7.69. The Morgan fingerprint density at radius 3 is 2.67 bits per heavy atom. The number of hydrogen-bond acceptors (Lipinski definition) is 2. The van der Waals surface area contributed by atoms with Crippen LogP contribution in [-0.4, -0.2) is 15.3 Å². The van der Waals surface area contributed by atoms with E-state index in [4.69, 9.17) is 0 Å². The standard InChI is InChI=1S/C17H22BrN3/c1-17(2,3)19-11-13-6-7-14(10-15(13)18)21-9-8-16(20-21)12-4-5-12/h6-10,12,19H,4-5,11H2,1-3H3. The average Bonchev–Trinajstić information content (AvgIpc) is 3.14. The van der Waals surface area contributed by atoms with E-state index in [-0.39, 0.29) is 5.54 Å². The summed E-state index contributed by atoms with van der Waals surface area (Å²) in [5.74, 6) is 0.699. The number of hydrogen-bond donors (Lipinski definition) is 1. The molecule has 1 fully saturated rings. The number of nitrogens with zero attached hydrogens (tertiary/aromatic N) is 2. The minimum Gasteiger partial charge on any atom is -0.308 e. The van der Waals surface area contributed by atoms with Crippen LogP contribution in [0.1, 0.15) is 50.8 Å². The van der Waals surface area contributed by atoms with Crippen LogP contribution < -0.4 is 5.32 Å². The van der Waals surface area contributed by atoms with E-state index < -0.39 is 0 Å². The lowest BCUT2D eigenvalue weighted by Gasteiger charge is -2.21. The van der Waals surface area contributed by atoms with Gasteiger partial charge in [0.05, 0.1) is 11.4 Å². The molecule has 0 atom stereocenters. The molecule has 4 heteroatoms. The highest BCUT2D eigenvalue weighted by molar-refractivity contribution is 9.10. The first-order valence-corrected chi connectivity index (χ1v) is 8.31. The van der Waals surface area contributed by atoms with Crippen molar-refractivity contribution in [3.8, 4) is 5.69 Å². The van der Waals surface area contributed by atoms with Crippen molar-refractivity contribution in [3.05, 3.63) is 46.2 Å². The number of aromatic nitrogens is 2. The summed E-state index contributed by atoms with van der Waals surface area (Å²) >= 11 is 3.68. The zero-order valence-electron chi connectivity index (χ0n) is 12.9. The first-order chi connectivity index (χ1) is 9.92. The molecule has 0 aliphatic heterocycles. The molecule has 0 spiro atoms. The molecule has 21 heavy (non-hydrogen) atoms. The fourth-order valence-corrected chi connectivity index (χ4v) is 2.77. The van der Waals surface area contributed by atoms with E-state index in [0.717, 1.165) is 16.7 Å². The van der Waals surface area contributed by atoms with Crippen molar-refractivity contribution in [2.75, 3.05) is 0 Å². The highest BCUT2D eigenvalue weighted by atomic mass is 79.9. The van der Waals surface area contributed by atoms with E-state index >= 15 is 0 Å². The summed E-state index contributed by atoms with van der Waals surface area (Å²) in [6.07, 6.45) is 4.64. The van der Waals surface area contributed by atoms with Gasteiger partial charge in [-0.3, -0.25) is 0 Å². The van der Waals surface area contributed by atoms with Crippen LogP contribution in [0.2, 0.25) is 0 Å². The molecule has 0 radical (unpaired) electrons. The predicted molar refractivity (Wildman–Crippen MR) is 89.8 cm³/mol. The number of halogens is 1. The molecule has 1 saturated carbocycles. The Morgan fingerprint density at radius 1 is 1.29 bits per heavy atom. The molecule has 112 valence electrons. The van der Waals surface area contributed by atoms with Crippen molar-refractivity contribution in [3.63, 3.8) is 0 Å². The van der Waals surface area contributed by atoms with Gasteiger partial charge in [0.15, 0.2) is 0 Å². The minimum atomic E-state index is 0.124. The lowest BCUT2D eigenvalue weighted by Crippen LogP contribution is -2.35. The average molecular weight is 348 g/mol. The molecule has 0 amide bonds. The Bertz CT molecular complexity index is 636. The molecule has 1 N–H and O–H groups in total. The lowest BCUT2D eigenvalue weighted by molar-refractivity contribution is 0.424. The maximum absolute atomic E-state index is 4.68. The lowest BCUT2D eigenvalue weighted by atomic mass is 10.1. The summed E-state index contributed by atoms with van der Waals surface area (Å²) < 4.78 is 3.10. The van der Waals surface area contributed by atoms with Crippen molar-refractivity contribution in [2.24, 2.45) is 0 Å². The van der Waals surface area contributed by atoms with Crippen LogP contribution in [0.15, 0.2) is 34.9 Å². The second-order valence-electron chi connectivity index (χ2n) is 6.84. The summed E-state index contributed by atoms with van der Waals surface area (Å²) in [4.78, 5) is 0. The van der Waals surface area contributed by atoms with Crippen molar-refractivity contribution >= 4 is 15.9 Å². The van der Waals surface area contributed by atoms with Crippen LogP contribution in [0.4, 0.5) is 0 Å². The summed E-state index contributed by atoms with van der Waals surface area (Å²) in [7, 11) is 0. The number of nitrogens with one attached hydrogen (secondary N) is 1.